The van der Waals surface area contributed by atoms with Crippen molar-refractivity contribution in [2.45, 2.75) is 40.7 Å². The first kappa shape index (κ1) is 16.8. The van der Waals surface area contributed by atoms with Gasteiger partial charge in [0.2, 0.25) is 0 Å². The van der Waals surface area contributed by atoms with Gasteiger partial charge in [-0.2, -0.15) is 0 Å². The molecule has 0 saturated carbocycles. The predicted molar refractivity (Wildman–Crippen MR) is 87.8 cm³/mol. The summed E-state index contributed by atoms with van der Waals surface area (Å²) in [6.07, 6.45) is 0. The van der Waals surface area contributed by atoms with Gasteiger partial charge >= 0.3 is 0 Å². The van der Waals surface area contributed by atoms with E-state index >= 15 is 0 Å². The lowest BCUT2D eigenvalue weighted by atomic mass is 10.0. The van der Waals surface area contributed by atoms with Crippen LogP contribution in [0.3, 0.4) is 0 Å². The predicted octanol–water partition coefficient (Wildman–Crippen LogP) is 3.85. The van der Waals surface area contributed by atoms with Crippen LogP contribution in [0.4, 0.5) is 5.69 Å². The maximum Gasteiger partial charge on any atom is 0.125 e. The second kappa shape index (κ2) is 8.15. The third-order valence-electron chi connectivity index (χ3n) is 3.51. The number of hydrogen-bond donors (Lipinski definition) is 1. The van der Waals surface area contributed by atoms with Crippen molar-refractivity contribution >= 4 is 5.69 Å². The Morgan fingerprint density at radius 2 is 1.90 bits per heavy atom. The largest absolute Gasteiger partial charge is 0.496 e. The highest BCUT2D eigenvalue weighted by Crippen LogP contribution is 2.34. The van der Waals surface area contributed by atoms with Crippen molar-refractivity contribution in [3.8, 4) is 5.75 Å². The van der Waals surface area contributed by atoms with Crippen LogP contribution < -0.4 is 15.0 Å². The van der Waals surface area contributed by atoms with E-state index in [0.29, 0.717) is 5.92 Å². The Morgan fingerprint density at radius 1 is 1.20 bits per heavy atom. The van der Waals surface area contributed by atoms with Crippen LogP contribution in [0.25, 0.3) is 0 Å². The van der Waals surface area contributed by atoms with Crippen molar-refractivity contribution in [3.05, 3.63) is 23.8 Å². The second-order valence-electron chi connectivity index (χ2n) is 5.60. The van der Waals surface area contributed by atoms with Crippen LogP contribution in [-0.2, 0) is 0 Å². The highest BCUT2D eigenvalue weighted by Gasteiger charge is 2.19. The smallest absolute Gasteiger partial charge is 0.125 e. The molecule has 0 amide bonds. The minimum absolute atomic E-state index is 0.285. The molecule has 1 unspecified atom stereocenters. The number of rotatable bonds is 8. The fourth-order valence-corrected chi connectivity index (χ4v) is 2.67. The van der Waals surface area contributed by atoms with E-state index in [2.05, 4.69) is 63.0 Å². The third-order valence-corrected chi connectivity index (χ3v) is 3.51. The van der Waals surface area contributed by atoms with E-state index in [1.807, 2.05) is 0 Å². The molecule has 0 aliphatic heterocycles. The Morgan fingerprint density at radius 3 is 2.40 bits per heavy atom. The van der Waals surface area contributed by atoms with Gasteiger partial charge in [-0.3, -0.25) is 0 Å². The minimum Gasteiger partial charge on any atom is -0.496 e. The van der Waals surface area contributed by atoms with Crippen LogP contribution in [0.5, 0.6) is 5.75 Å². The summed E-state index contributed by atoms with van der Waals surface area (Å²) < 4.78 is 5.59. The first-order valence-corrected chi connectivity index (χ1v) is 7.70. The van der Waals surface area contributed by atoms with Crippen molar-refractivity contribution in [2.75, 3.05) is 31.6 Å². The number of anilines is 1. The average Bonchev–Trinajstić information content (AvgIpc) is 2.43. The summed E-state index contributed by atoms with van der Waals surface area (Å²) in [6, 6.07) is 6.62. The van der Waals surface area contributed by atoms with Crippen molar-refractivity contribution in [2.24, 2.45) is 5.92 Å². The first-order chi connectivity index (χ1) is 9.54. The maximum absolute atomic E-state index is 5.59. The zero-order valence-corrected chi connectivity index (χ0v) is 13.9. The summed E-state index contributed by atoms with van der Waals surface area (Å²) in [5, 5.41) is 3.50. The van der Waals surface area contributed by atoms with Crippen LogP contribution in [0, 0.1) is 5.92 Å². The molecule has 0 spiro atoms. The molecule has 1 aromatic rings. The van der Waals surface area contributed by atoms with Gasteiger partial charge in [-0.25, -0.2) is 0 Å². The molecular formula is C17H30N2O. The summed E-state index contributed by atoms with van der Waals surface area (Å²) >= 11 is 0. The molecule has 1 aromatic carbocycles. The number of methoxy groups -OCH3 is 1. The van der Waals surface area contributed by atoms with E-state index in [1.54, 1.807) is 7.11 Å². The van der Waals surface area contributed by atoms with Gasteiger partial charge in [0.05, 0.1) is 7.11 Å². The quantitative estimate of drug-likeness (QED) is 0.781. The van der Waals surface area contributed by atoms with Crippen molar-refractivity contribution in [3.63, 3.8) is 0 Å². The SMILES string of the molecule is CCNC(C)c1c(OC)cccc1N(CC)CC(C)C. The molecule has 0 bridgehead atoms. The Hall–Kier alpha value is -1.22. The lowest BCUT2D eigenvalue weighted by Crippen LogP contribution is -2.30. The molecule has 1 atom stereocenters. The molecular weight excluding hydrogens is 248 g/mol. The number of ether oxygens (including phenoxy) is 1. The molecule has 3 heteroatoms. The van der Waals surface area contributed by atoms with Crippen molar-refractivity contribution in [1.82, 2.24) is 5.32 Å². The Labute approximate surface area is 124 Å². The fraction of sp³-hybridized carbons (Fsp3) is 0.647. The zero-order chi connectivity index (χ0) is 15.1. The molecule has 0 aliphatic carbocycles. The molecule has 0 saturated heterocycles. The lowest BCUT2D eigenvalue weighted by Gasteiger charge is -2.30. The van der Waals surface area contributed by atoms with E-state index in [0.717, 1.165) is 25.4 Å². The first-order valence-electron chi connectivity index (χ1n) is 7.70. The van der Waals surface area contributed by atoms with Crippen LogP contribution in [-0.4, -0.2) is 26.7 Å². The van der Waals surface area contributed by atoms with E-state index in [-0.39, 0.29) is 6.04 Å². The Bertz CT molecular complexity index is 404. The van der Waals surface area contributed by atoms with E-state index in [1.165, 1.54) is 11.3 Å². The van der Waals surface area contributed by atoms with E-state index < -0.39 is 0 Å². The zero-order valence-electron chi connectivity index (χ0n) is 13.9. The van der Waals surface area contributed by atoms with Crippen molar-refractivity contribution in [1.29, 1.82) is 0 Å². The van der Waals surface area contributed by atoms with Crippen LogP contribution >= 0.6 is 0 Å². The number of benzene rings is 1. The second-order valence-corrected chi connectivity index (χ2v) is 5.60. The molecule has 0 aliphatic rings. The molecule has 0 aromatic heterocycles. The molecule has 114 valence electrons. The highest BCUT2D eigenvalue weighted by atomic mass is 16.5. The van der Waals surface area contributed by atoms with Gasteiger partial charge in [0, 0.05) is 30.4 Å². The molecule has 20 heavy (non-hydrogen) atoms. The summed E-state index contributed by atoms with van der Waals surface area (Å²) in [5.41, 5.74) is 2.55. The minimum atomic E-state index is 0.285. The van der Waals surface area contributed by atoms with Crippen LogP contribution in [0.1, 0.15) is 46.2 Å². The molecule has 1 N–H and O–H groups in total. The molecule has 0 radical (unpaired) electrons. The lowest BCUT2D eigenvalue weighted by molar-refractivity contribution is 0.402. The van der Waals surface area contributed by atoms with Gasteiger partial charge in [-0.05, 0) is 38.4 Å². The standard InChI is InChI=1S/C17H30N2O/c1-7-18-14(5)17-15(10-9-11-16(17)20-6)19(8-2)12-13(3)4/h9-11,13-14,18H,7-8,12H2,1-6H3. The number of hydrogen-bond acceptors (Lipinski definition) is 3. The fourth-order valence-electron chi connectivity index (χ4n) is 2.67. The van der Waals surface area contributed by atoms with Gasteiger partial charge in [0.25, 0.3) is 0 Å². The number of nitrogens with zero attached hydrogens (tertiary/aromatic N) is 1. The third kappa shape index (κ3) is 4.14. The molecule has 0 heterocycles. The van der Waals surface area contributed by atoms with Gasteiger partial charge in [0.1, 0.15) is 5.75 Å². The molecule has 3 nitrogen and oxygen atoms in total. The summed E-state index contributed by atoms with van der Waals surface area (Å²) in [6.45, 7) is 14.1. The average molecular weight is 278 g/mol. The Kier molecular flexibility index (Phi) is 6.86. The maximum atomic E-state index is 5.59. The van der Waals surface area contributed by atoms with Gasteiger partial charge in [-0.15, -0.1) is 0 Å². The van der Waals surface area contributed by atoms with E-state index in [9.17, 15) is 0 Å². The molecule has 0 fully saturated rings. The summed E-state index contributed by atoms with van der Waals surface area (Å²) in [4.78, 5) is 2.44. The van der Waals surface area contributed by atoms with Gasteiger partial charge < -0.3 is 15.0 Å². The highest BCUT2D eigenvalue weighted by molar-refractivity contribution is 5.60. The normalized spacial score (nSPS) is 12.6. The van der Waals surface area contributed by atoms with Crippen LogP contribution in [0.2, 0.25) is 0 Å². The van der Waals surface area contributed by atoms with Crippen molar-refractivity contribution < 1.29 is 4.74 Å². The molecule has 1 rings (SSSR count). The van der Waals surface area contributed by atoms with Gasteiger partial charge in [0.15, 0.2) is 0 Å². The van der Waals surface area contributed by atoms with E-state index in [4.69, 9.17) is 4.74 Å². The topological polar surface area (TPSA) is 24.5 Å². The summed E-state index contributed by atoms with van der Waals surface area (Å²) in [5.74, 6) is 1.61. The number of nitrogens with one attached hydrogen (secondary N) is 1. The Balaban J connectivity index is 3.22. The monoisotopic (exact) mass is 278 g/mol. The van der Waals surface area contributed by atoms with Crippen LogP contribution in [0.15, 0.2) is 18.2 Å². The summed E-state index contributed by atoms with van der Waals surface area (Å²) in [7, 11) is 1.75. The van der Waals surface area contributed by atoms with Gasteiger partial charge in [-0.1, -0.05) is 26.8 Å².